The third-order valence-electron chi connectivity index (χ3n) is 9.09. The van der Waals surface area contributed by atoms with Crippen LogP contribution in [0.15, 0.2) is 84.9 Å². The largest absolute Gasteiger partial charge is 0.508 e. The van der Waals surface area contributed by atoms with E-state index in [1.165, 1.54) is 4.90 Å². The lowest BCUT2D eigenvalue weighted by atomic mass is 9.95. The number of hydrogen-bond acceptors (Lipinski definition) is 6. The number of phenols is 1. The number of phenolic OH excluding ortho intramolecular Hbond substituents is 1. The lowest BCUT2D eigenvalue weighted by Crippen LogP contribution is -2.58. The summed E-state index contributed by atoms with van der Waals surface area (Å²) in [5.74, 6) is -1.92. The molecule has 7 N–H and O–H groups in total. The number of fused-ring (bicyclic) bond motifs is 1. The molecule has 4 aromatic rings. The first kappa shape index (κ1) is 34.1. The zero-order valence-electron chi connectivity index (χ0n) is 27.3. The van der Waals surface area contributed by atoms with E-state index in [9.17, 15) is 24.3 Å². The molecule has 0 radical (unpaired) electrons. The van der Waals surface area contributed by atoms with E-state index in [2.05, 4.69) is 10.6 Å². The summed E-state index contributed by atoms with van der Waals surface area (Å²) in [6, 6.07) is 22.4. The summed E-state index contributed by atoms with van der Waals surface area (Å²) < 4.78 is 0. The summed E-state index contributed by atoms with van der Waals surface area (Å²) in [5.41, 5.74) is 16.3. The zero-order chi connectivity index (χ0) is 34.4. The molecular weight excluding hydrogens is 606 g/mol. The molecule has 0 bridgehead atoms. The predicted octanol–water partition coefficient (Wildman–Crippen LogP) is 2.96. The third-order valence-corrected chi connectivity index (χ3v) is 9.09. The fourth-order valence-corrected chi connectivity index (χ4v) is 6.54. The minimum atomic E-state index is -1.04. The van der Waals surface area contributed by atoms with E-state index in [0.29, 0.717) is 19.4 Å². The number of primary amides is 1. The summed E-state index contributed by atoms with van der Waals surface area (Å²) in [4.78, 5) is 55.2. The van der Waals surface area contributed by atoms with Gasteiger partial charge in [0.25, 0.3) is 0 Å². The number of hydrogen-bond donors (Lipinski definition) is 5. The highest BCUT2D eigenvalue weighted by atomic mass is 16.3. The first-order valence-corrected chi connectivity index (χ1v) is 16.3. The molecule has 4 amide bonds. The van der Waals surface area contributed by atoms with Gasteiger partial charge in [-0.05, 0) is 83.8 Å². The van der Waals surface area contributed by atoms with Gasteiger partial charge in [-0.25, -0.2) is 0 Å². The van der Waals surface area contributed by atoms with Crippen molar-refractivity contribution in [3.8, 4) is 5.75 Å². The van der Waals surface area contributed by atoms with E-state index in [4.69, 9.17) is 11.5 Å². The number of nitrogens with one attached hydrogen (secondary N) is 2. The maximum absolute atomic E-state index is 13.8. The van der Waals surface area contributed by atoms with Crippen LogP contribution in [0.2, 0.25) is 0 Å². The maximum Gasteiger partial charge on any atom is 0.243 e. The van der Waals surface area contributed by atoms with Crippen LogP contribution in [0, 0.1) is 13.8 Å². The third kappa shape index (κ3) is 8.19. The molecule has 1 fully saturated rings. The molecule has 1 aliphatic heterocycles. The first-order chi connectivity index (χ1) is 23.0. The predicted molar refractivity (Wildman–Crippen MR) is 185 cm³/mol. The monoisotopic (exact) mass is 649 g/mol. The molecule has 4 atom stereocenters. The highest BCUT2D eigenvalue weighted by molar-refractivity contribution is 5.95. The molecule has 0 aromatic heterocycles. The fourth-order valence-electron chi connectivity index (χ4n) is 6.54. The number of benzene rings is 4. The van der Waals surface area contributed by atoms with Gasteiger partial charge in [-0.15, -0.1) is 0 Å². The van der Waals surface area contributed by atoms with E-state index in [0.717, 1.165) is 38.6 Å². The Morgan fingerprint density at radius 1 is 0.812 bits per heavy atom. The van der Waals surface area contributed by atoms with Crippen molar-refractivity contribution < 1.29 is 24.3 Å². The van der Waals surface area contributed by atoms with Crippen molar-refractivity contribution in [1.29, 1.82) is 0 Å². The zero-order valence-corrected chi connectivity index (χ0v) is 27.3. The van der Waals surface area contributed by atoms with E-state index in [1.54, 1.807) is 12.1 Å². The summed E-state index contributed by atoms with van der Waals surface area (Å²) in [6.45, 7) is 4.07. The van der Waals surface area contributed by atoms with Crippen LogP contribution in [0.1, 0.15) is 40.7 Å². The Morgan fingerprint density at radius 3 is 2.15 bits per heavy atom. The molecule has 10 heteroatoms. The van der Waals surface area contributed by atoms with Gasteiger partial charge in [-0.1, -0.05) is 72.8 Å². The number of nitrogens with zero attached hydrogens (tertiary/aromatic N) is 1. The number of nitrogens with two attached hydrogens (primary N) is 2. The molecule has 5 rings (SSSR count). The molecule has 1 saturated heterocycles. The van der Waals surface area contributed by atoms with Crippen LogP contribution in [-0.2, 0) is 38.4 Å². The lowest BCUT2D eigenvalue weighted by molar-refractivity contribution is -0.140. The van der Waals surface area contributed by atoms with Crippen molar-refractivity contribution in [1.82, 2.24) is 15.5 Å². The van der Waals surface area contributed by atoms with Gasteiger partial charge in [0.15, 0.2) is 0 Å². The van der Waals surface area contributed by atoms with Gasteiger partial charge in [0.1, 0.15) is 23.9 Å². The highest BCUT2D eigenvalue weighted by Gasteiger charge is 2.38. The molecule has 0 aliphatic carbocycles. The summed E-state index contributed by atoms with van der Waals surface area (Å²) in [5, 5.41) is 17.6. The Kier molecular flexibility index (Phi) is 10.8. The SMILES string of the molecule is Cc1cc(O)cc(C)c1C[C@H](N)C(=O)N1CCC[C@@H]1C(=O)N[C@@H](Cc1ccccc1)C(=O)N[C@H](Cc1ccc2ccccc2c1)C(N)=O. The number of rotatable bonds is 12. The topological polar surface area (TPSA) is 168 Å². The fraction of sp³-hybridized carbons (Fsp3) is 0.316. The Morgan fingerprint density at radius 2 is 1.46 bits per heavy atom. The van der Waals surface area contributed by atoms with Crippen LogP contribution in [0.25, 0.3) is 10.8 Å². The normalized spacial score (nSPS) is 16.2. The number of amides is 4. The minimum Gasteiger partial charge on any atom is -0.508 e. The Balaban J connectivity index is 1.30. The number of aromatic hydroxyl groups is 1. The van der Waals surface area contributed by atoms with Crippen molar-refractivity contribution in [2.45, 2.75) is 70.1 Å². The smallest absolute Gasteiger partial charge is 0.243 e. The number of carbonyl (C=O) groups excluding carboxylic acids is 4. The first-order valence-electron chi connectivity index (χ1n) is 16.3. The molecule has 10 nitrogen and oxygen atoms in total. The van der Waals surface area contributed by atoms with Crippen LogP contribution in [0.4, 0.5) is 0 Å². The van der Waals surface area contributed by atoms with E-state index < -0.39 is 41.9 Å². The van der Waals surface area contributed by atoms with E-state index in [-0.39, 0.29) is 30.9 Å². The highest BCUT2D eigenvalue weighted by Crippen LogP contribution is 2.24. The van der Waals surface area contributed by atoms with Gasteiger partial charge in [0, 0.05) is 19.4 Å². The standard InChI is InChI=1S/C38H43N5O5/c1-23-17-29(44)18-24(2)30(23)22-31(39)38(48)43-16-8-13-34(43)37(47)42-33(20-25-9-4-3-5-10-25)36(46)41-32(35(40)45)21-26-14-15-27-11-6-7-12-28(27)19-26/h3-7,9-12,14-15,17-19,31-34,44H,8,13,16,20-22,39H2,1-2H3,(H2,40,45)(H,41,46)(H,42,47)/t31-,32+,33-,34+/m0/s1. The van der Waals surface area contributed by atoms with Crippen molar-refractivity contribution in [2.24, 2.45) is 11.5 Å². The second kappa shape index (κ2) is 15.1. The number of aryl methyl sites for hydroxylation is 2. The molecule has 1 heterocycles. The molecule has 0 spiro atoms. The quantitative estimate of drug-likeness (QED) is 0.158. The van der Waals surface area contributed by atoms with Crippen LogP contribution in [0.5, 0.6) is 5.75 Å². The van der Waals surface area contributed by atoms with Gasteiger partial charge in [0.05, 0.1) is 6.04 Å². The van der Waals surface area contributed by atoms with Gasteiger partial charge in [-0.2, -0.15) is 0 Å². The second-order valence-corrected chi connectivity index (χ2v) is 12.7. The van der Waals surface area contributed by atoms with E-state index >= 15 is 0 Å². The van der Waals surface area contributed by atoms with Crippen molar-refractivity contribution in [3.05, 3.63) is 113 Å². The average molecular weight is 650 g/mol. The number of carbonyl (C=O) groups is 4. The second-order valence-electron chi connectivity index (χ2n) is 12.7. The molecule has 0 unspecified atom stereocenters. The Labute approximate surface area is 280 Å². The molecule has 48 heavy (non-hydrogen) atoms. The van der Waals surface area contributed by atoms with Crippen molar-refractivity contribution >= 4 is 34.4 Å². The molecule has 0 saturated carbocycles. The van der Waals surface area contributed by atoms with Crippen LogP contribution in [0.3, 0.4) is 0 Å². The van der Waals surface area contributed by atoms with Gasteiger partial charge >= 0.3 is 0 Å². The number of likely N-dealkylation sites (tertiary alicyclic amines) is 1. The Bertz CT molecular complexity index is 1790. The molecule has 250 valence electrons. The van der Waals surface area contributed by atoms with Crippen LogP contribution < -0.4 is 22.1 Å². The van der Waals surface area contributed by atoms with Crippen LogP contribution in [-0.4, -0.2) is 64.3 Å². The Hall–Kier alpha value is -5.22. The summed E-state index contributed by atoms with van der Waals surface area (Å²) in [7, 11) is 0. The molecule has 4 aromatic carbocycles. The minimum absolute atomic E-state index is 0.148. The molecular formula is C38H43N5O5. The molecule has 1 aliphatic rings. The van der Waals surface area contributed by atoms with Crippen molar-refractivity contribution in [2.75, 3.05) is 6.54 Å². The summed E-state index contributed by atoms with van der Waals surface area (Å²) >= 11 is 0. The van der Waals surface area contributed by atoms with Crippen molar-refractivity contribution in [3.63, 3.8) is 0 Å². The maximum atomic E-state index is 13.8. The van der Waals surface area contributed by atoms with Gasteiger partial charge in [0.2, 0.25) is 23.6 Å². The summed E-state index contributed by atoms with van der Waals surface area (Å²) in [6.07, 6.45) is 1.64. The van der Waals surface area contributed by atoms with Gasteiger partial charge < -0.3 is 32.1 Å². The van der Waals surface area contributed by atoms with Crippen LogP contribution >= 0.6 is 0 Å². The lowest BCUT2D eigenvalue weighted by Gasteiger charge is -2.29. The van der Waals surface area contributed by atoms with Gasteiger partial charge in [-0.3, -0.25) is 19.2 Å². The average Bonchev–Trinajstić information content (AvgIpc) is 3.56. The van der Waals surface area contributed by atoms with E-state index in [1.807, 2.05) is 86.6 Å².